The fraction of sp³-hybridized carbons (Fsp3) is 0.643. The molecule has 3 rings (SSSR count). The molecular weight excluding hydrogens is 282 g/mol. The lowest BCUT2D eigenvalue weighted by atomic mass is 10.0. The summed E-state index contributed by atoms with van der Waals surface area (Å²) in [4.78, 5) is 16.8. The molecule has 0 aliphatic carbocycles. The molecule has 2 aromatic rings. The Balaban J connectivity index is 1.69. The predicted octanol–water partition coefficient (Wildman–Crippen LogP) is 1.03. The van der Waals surface area contributed by atoms with Gasteiger partial charge in [-0.05, 0) is 37.1 Å². The number of tetrazole rings is 1. The van der Waals surface area contributed by atoms with Crippen molar-refractivity contribution < 1.29 is 4.79 Å². The first kappa shape index (κ1) is 14.7. The van der Waals surface area contributed by atoms with Crippen LogP contribution in [0.2, 0.25) is 0 Å². The zero-order chi connectivity index (χ0) is 15.5. The third kappa shape index (κ3) is 2.86. The average Bonchev–Trinajstić information content (AvgIpc) is 3.10. The van der Waals surface area contributed by atoms with Crippen molar-refractivity contribution in [3.05, 3.63) is 24.0 Å². The smallest absolute Gasteiger partial charge is 0.231 e. The monoisotopic (exact) mass is 303 g/mol. The molecule has 3 heterocycles. The molecule has 0 spiro atoms. The van der Waals surface area contributed by atoms with Crippen molar-refractivity contribution in [1.82, 2.24) is 35.1 Å². The molecule has 0 aromatic carbocycles. The maximum absolute atomic E-state index is 12.5. The summed E-state index contributed by atoms with van der Waals surface area (Å²) in [5.41, 5.74) is 0. The predicted molar refractivity (Wildman–Crippen MR) is 78.9 cm³/mol. The number of nitrogens with one attached hydrogen (secondary N) is 1. The molecule has 0 unspecified atom stereocenters. The SMILES string of the molecule is CC(C)n1ccnc1CNC(=O)[C@H]1CCCCn2nnnc21. The van der Waals surface area contributed by atoms with Crippen LogP contribution in [0.5, 0.6) is 0 Å². The summed E-state index contributed by atoms with van der Waals surface area (Å²) in [5.74, 6) is 1.22. The number of hydrogen-bond acceptors (Lipinski definition) is 5. The molecule has 1 atom stereocenters. The third-order valence-electron chi connectivity index (χ3n) is 4.03. The molecule has 22 heavy (non-hydrogen) atoms. The maximum Gasteiger partial charge on any atom is 0.231 e. The number of aryl methyl sites for hydroxylation is 1. The Morgan fingerprint density at radius 1 is 1.45 bits per heavy atom. The minimum atomic E-state index is -0.278. The lowest BCUT2D eigenvalue weighted by molar-refractivity contribution is -0.123. The summed E-state index contributed by atoms with van der Waals surface area (Å²) < 4.78 is 3.80. The maximum atomic E-state index is 12.5. The zero-order valence-electron chi connectivity index (χ0n) is 12.9. The highest BCUT2D eigenvalue weighted by molar-refractivity contribution is 5.82. The van der Waals surface area contributed by atoms with Crippen LogP contribution in [0.25, 0.3) is 0 Å². The first-order valence-corrected chi connectivity index (χ1v) is 7.72. The molecule has 1 aliphatic heterocycles. The lowest BCUT2D eigenvalue weighted by Gasteiger charge is -2.15. The van der Waals surface area contributed by atoms with Crippen molar-refractivity contribution >= 4 is 5.91 Å². The van der Waals surface area contributed by atoms with Gasteiger partial charge in [0.25, 0.3) is 0 Å². The number of carbonyl (C=O) groups is 1. The second-order valence-corrected chi connectivity index (χ2v) is 5.87. The first-order chi connectivity index (χ1) is 10.7. The van der Waals surface area contributed by atoms with Gasteiger partial charge >= 0.3 is 0 Å². The minimum Gasteiger partial charge on any atom is -0.348 e. The fourth-order valence-electron chi connectivity index (χ4n) is 2.85. The molecule has 0 saturated carbocycles. The van der Waals surface area contributed by atoms with Crippen molar-refractivity contribution in [3.8, 4) is 0 Å². The number of aromatic nitrogens is 6. The number of rotatable bonds is 4. The number of hydrogen-bond donors (Lipinski definition) is 1. The molecule has 8 heteroatoms. The highest BCUT2D eigenvalue weighted by atomic mass is 16.1. The fourth-order valence-corrected chi connectivity index (χ4v) is 2.85. The van der Waals surface area contributed by atoms with Gasteiger partial charge in [0.2, 0.25) is 5.91 Å². The van der Waals surface area contributed by atoms with Crippen LogP contribution in [0.3, 0.4) is 0 Å². The number of amides is 1. The van der Waals surface area contributed by atoms with E-state index in [1.807, 2.05) is 6.20 Å². The van der Waals surface area contributed by atoms with E-state index in [2.05, 4.69) is 44.2 Å². The van der Waals surface area contributed by atoms with E-state index < -0.39 is 0 Å². The molecule has 8 nitrogen and oxygen atoms in total. The van der Waals surface area contributed by atoms with E-state index in [0.29, 0.717) is 18.4 Å². The van der Waals surface area contributed by atoms with Gasteiger partial charge < -0.3 is 9.88 Å². The van der Waals surface area contributed by atoms with E-state index in [1.165, 1.54) is 0 Å². The summed E-state index contributed by atoms with van der Waals surface area (Å²) in [7, 11) is 0. The second kappa shape index (κ2) is 6.25. The van der Waals surface area contributed by atoms with E-state index in [4.69, 9.17) is 0 Å². The Kier molecular flexibility index (Phi) is 4.17. The van der Waals surface area contributed by atoms with Crippen LogP contribution in [0, 0.1) is 0 Å². The Morgan fingerprint density at radius 3 is 3.14 bits per heavy atom. The third-order valence-corrected chi connectivity index (χ3v) is 4.03. The van der Waals surface area contributed by atoms with Crippen molar-refractivity contribution in [1.29, 1.82) is 0 Å². The van der Waals surface area contributed by atoms with Crippen LogP contribution in [-0.4, -0.2) is 35.7 Å². The van der Waals surface area contributed by atoms with E-state index >= 15 is 0 Å². The van der Waals surface area contributed by atoms with Crippen molar-refractivity contribution in [2.24, 2.45) is 0 Å². The van der Waals surface area contributed by atoms with Crippen molar-refractivity contribution in [3.63, 3.8) is 0 Å². The molecule has 0 radical (unpaired) electrons. The molecule has 1 aliphatic rings. The number of fused-ring (bicyclic) bond motifs is 1. The summed E-state index contributed by atoms with van der Waals surface area (Å²) in [5, 5.41) is 14.7. The van der Waals surface area contributed by atoms with E-state index in [9.17, 15) is 4.79 Å². The number of nitrogens with zero attached hydrogens (tertiary/aromatic N) is 6. The highest BCUT2D eigenvalue weighted by Crippen LogP contribution is 2.24. The van der Waals surface area contributed by atoms with Crippen molar-refractivity contribution in [2.45, 2.75) is 58.2 Å². The Morgan fingerprint density at radius 2 is 2.32 bits per heavy atom. The van der Waals surface area contributed by atoms with Gasteiger partial charge in [0.15, 0.2) is 5.82 Å². The summed E-state index contributed by atoms with van der Waals surface area (Å²) in [6.45, 7) is 5.38. The quantitative estimate of drug-likeness (QED) is 0.911. The van der Waals surface area contributed by atoms with Gasteiger partial charge in [-0.15, -0.1) is 5.10 Å². The summed E-state index contributed by atoms with van der Waals surface area (Å²) >= 11 is 0. The van der Waals surface area contributed by atoms with Gasteiger partial charge in [-0.1, -0.05) is 6.42 Å². The van der Waals surface area contributed by atoms with Crippen LogP contribution in [-0.2, 0) is 17.9 Å². The van der Waals surface area contributed by atoms with Gasteiger partial charge in [0.05, 0.1) is 12.5 Å². The zero-order valence-corrected chi connectivity index (χ0v) is 12.9. The second-order valence-electron chi connectivity index (χ2n) is 5.87. The normalized spacial score (nSPS) is 18.0. The van der Waals surface area contributed by atoms with Gasteiger partial charge in [-0.3, -0.25) is 4.79 Å². The molecule has 118 valence electrons. The molecular formula is C14H21N7O. The van der Waals surface area contributed by atoms with Crippen LogP contribution in [0.15, 0.2) is 12.4 Å². The standard InChI is InChI=1S/C14H21N7O/c1-10(2)20-8-6-15-12(20)9-16-14(22)11-5-3-4-7-21-13(11)17-18-19-21/h6,8,10-11H,3-5,7,9H2,1-2H3,(H,16,22)/t11-/m0/s1. The van der Waals surface area contributed by atoms with Gasteiger partial charge in [-0.25, -0.2) is 9.67 Å². The number of imidazole rings is 1. The van der Waals surface area contributed by atoms with Gasteiger partial charge in [0.1, 0.15) is 5.82 Å². The Labute approximate surface area is 128 Å². The highest BCUT2D eigenvalue weighted by Gasteiger charge is 2.28. The van der Waals surface area contributed by atoms with E-state index in [0.717, 1.165) is 31.6 Å². The van der Waals surface area contributed by atoms with E-state index in [1.54, 1.807) is 10.9 Å². The van der Waals surface area contributed by atoms with Crippen LogP contribution >= 0.6 is 0 Å². The minimum absolute atomic E-state index is 0.0312. The van der Waals surface area contributed by atoms with E-state index in [-0.39, 0.29) is 11.8 Å². The molecule has 0 saturated heterocycles. The largest absolute Gasteiger partial charge is 0.348 e. The Hall–Kier alpha value is -2.25. The van der Waals surface area contributed by atoms with Gasteiger partial charge in [-0.2, -0.15) is 0 Å². The first-order valence-electron chi connectivity index (χ1n) is 7.72. The molecule has 1 N–H and O–H groups in total. The molecule has 1 amide bonds. The molecule has 2 aromatic heterocycles. The Bertz CT molecular complexity index is 645. The molecule has 0 fully saturated rings. The van der Waals surface area contributed by atoms with Gasteiger partial charge in [0, 0.05) is 25.0 Å². The molecule has 0 bridgehead atoms. The van der Waals surface area contributed by atoms with Crippen molar-refractivity contribution in [2.75, 3.05) is 0 Å². The summed E-state index contributed by atoms with van der Waals surface area (Å²) in [6.07, 6.45) is 6.46. The summed E-state index contributed by atoms with van der Waals surface area (Å²) in [6, 6.07) is 0.319. The van der Waals surface area contributed by atoms with Crippen LogP contribution < -0.4 is 5.32 Å². The topological polar surface area (TPSA) is 90.5 Å². The van der Waals surface area contributed by atoms with Crippen LogP contribution in [0.4, 0.5) is 0 Å². The number of carbonyl (C=O) groups excluding carboxylic acids is 1. The average molecular weight is 303 g/mol. The lowest BCUT2D eigenvalue weighted by Crippen LogP contribution is -2.31. The van der Waals surface area contributed by atoms with Crippen LogP contribution in [0.1, 0.15) is 56.7 Å².